The Morgan fingerprint density at radius 2 is 1.64 bits per heavy atom. The molecule has 0 atom stereocenters. The van der Waals surface area contributed by atoms with Crippen LogP contribution in [0.1, 0.15) is 0 Å². The van der Waals surface area contributed by atoms with Crippen molar-refractivity contribution >= 4 is 5.97 Å². The zero-order valence-electron chi connectivity index (χ0n) is 6.57. The number of carbonyl (C=O) groups is 1. The molecular weight excluding hydrogens is 222 g/mol. The van der Waals surface area contributed by atoms with Gasteiger partial charge in [-0.1, -0.05) is 0 Å². The third-order valence-electron chi connectivity index (χ3n) is 0.941. The first-order valence-corrected chi connectivity index (χ1v) is 2.96. The van der Waals surface area contributed by atoms with Crippen molar-refractivity contribution in [1.29, 1.82) is 0 Å². The van der Waals surface area contributed by atoms with Crippen LogP contribution in [-0.4, -0.2) is 31.7 Å². The minimum Gasteiger partial charge on any atom is -0.463 e. The molecule has 0 radical (unpaired) electrons. The van der Waals surface area contributed by atoms with E-state index >= 15 is 0 Å². The molecule has 0 aliphatic carbocycles. The first-order chi connectivity index (χ1) is 6.13. The summed E-state index contributed by atoms with van der Waals surface area (Å²) in [5.74, 6) is -2.49. The van der Waals surface area contributed by atoms with Crippen LogP contribution in [0.5, 0.6) is 0 Å². The highest BCUT2D eigenvalue weighted by Gasteiger charge is 2.55. The lowest BCUT2D eigenvalue weighted by atomic mass is 10.6. The Bertz CT molecular complexity index is 216. The molecule has 0 saturated heterocycles. The van der Waals surface area contributed by atoms with Gasteiger partial charge in [-0.2, -0.15) is 17.6 Å². The van der Waals surface area contributed by atoms with Crippen molar-refractivity contribution in [2.75, 3.05) is 7.11 Å². The fourth-order valence-electron chi connectivity index (χ4n) is 0.376. The van der Waals surface area contributed by atoms with Gasteiger partial charge >= 0.3 is 24.6 Å². The second-order valence-corrected chi connectivity index (χ2v) is 1.97. The van der Waals surface area contributed by atoms with Crippen LogP contribution in [0.15, 0.2) is 0 Å². The normalized spacial score (nSPS) is 13.1. The van der Waals surface area contributed by atoms with E-state index in [-0.39, 0.29) is 0 Å². The Labute approximate surface area is 73.6 Å². The molecule has 0 unspecified atom stereocenters. The van der Waals surface area contributed by atoms with Crippen LogP contribution in [0.4, 0.5) is 26.3 Å². The Hall–Kier alpha value is -0.990. The molecule has 0 bridgehead atoms. The molecule has 0 amide bonds. The lowest BCUT2D eigenvalue weighted by molar-refractivity contribution is -0.393. The standard InChI is InChI=1S/C5H4F6O3/c1-13-3(12)5(10,11)14-4(8,9)2(6)7/h2H,1H3. The molecule has 0 N–H and O–H groups in total. The average molecular weight is 226 g/mol. The van der Waals surface area contributed by atoms with Gasteiger partial charge in [0.1, 0.15) is 0 Å². The average Bonchev–Trinajstić information content (AvgIpc) is 2.00. The van der Waals surface area contributed by atoms with Gasteiger partial charge in [0.15, 0.2) is 0 Å². The van der Waals surface area contributed by atoms with Crippen LogP contribution < -0.4 is 0 Å². The van der Waals surface area contributed by atoms with Crippen molar-refractivity contribution in [3.05, 3.63) is 0 Å². The summed E-state index contributed by atoms with van der Waals surface area (Å²) < 4.78 is 76.5. The van der Waals surface area contributed by atoms with Crippen molar-refractivity contribution in [3.63, 3.8) is 0 Å². The maximum atomic E-state index is 12.2. The van der Waals surface area contributed by atoms with E-state index in [2.05, 4.69) is 9.47 Å². The van der Waals surface area contributed by atoms with Crippen molar-refractivity contribution in [3.8, 4) is 0 Å². The van der Waals surface area contributed by atoms with Gasteiger partial charge in [-0.25, -0.2) is 18.3 Å². The molecular formula is C5H4F6O3. The molecule has 0 saturated carbocycles. The van der Waals surface area contributed by atoms with E-state index in [1.165, 1.54) is 0 Å². The van der Waals surface area contributed by atoms with Gasteiger partial charge in [-0.15, -0.1) is 0 Å². The largest absolute Gasteiger partial charge is 0.463 e. The molecule has 0 aliphatic rings. The number of esters is 1. The number of carbonyl (C=O) groups excluding carboxylic acids is 1. The van der Waals surface area contributed by atoms with Crippen molar-refractivity contribution in [2.24, 2.45) is 0 Å². The summed E-state index contributed by atoms with van der Waals surface area (Å²) in [6.07, 6.45) is -15.0. The van der Waals surface area contributed by atoms with E-state index in [0.29, 0.717) is 7.11 Å². The summed E-state index contributed by atoms with van der Waals surface area (Å²) in [5.41, 5.74) is 0. The third kappa shape index (κ3) is 3.05. The van der Waals surface area contributed by atoms with Crippen LogP contribution in [0.2, 0.25) is 0 Å². The van der Waals surface area contributed by atoms with Crippen LogP contribution in [0.3, 0.4) is 0 Å². The number of ether oxygens (including phenoxy) is 2. The van der Waals surface area contributed by atoms with Crippen molar-refractivity contribution in [1.82, 2.24) is 0 Å². The molecule has 0 aromatic rings. The number of methoxy groups -OCH3 is 1. The van der Waals surface area contributed by atoms with E-state index in [0.717, 1.165) is 0 Å². The van der Waals surface area contributed by atoms with Gasteiger partial charge in [-0.3, -0.25) is 0 Å². The maximum Gasteiger partial charge on any atom is 0.460 e. The molecule has 14 heavy (non-hydrogen) atoms. The number of alkyl halides is 6. The molecule has 0 aromatic heterocycles. The molecule has 0 rings (SSSR count). The van der Waals surface area contributed by atoms with E-state index in [9.17, 15) is 31.1 Å². The van der Waals surface area contributed by atoms with E-state index in [1.807, 2.05) is 0 Å². The topological polar surface area (TPSA) is 35.5 Å². The van der Waals surface area contributed by atoms with E-state index in [4.69, 9.17) is 0 Å². The Balaban J connectivity index is 4.58. The smallest absolute Gasteiger partial charge is 0.460 e. The molecule has 0 aromatic carbocycles. The molecule has 0 aliphatic heterocycles. The fraction of sp³-hybridized carbons (Fsp3) is 0.800. The predicted molar refractivity (Wildman–Crippen MR) is 29.0 cm³/mol. The molecule has 9 heteroatoms. The Kier molecular flexibility index (Phi) is 3.74. The minimum atomic E-state index is -5.42. The van der Waals surface area contributed by atoms with Gasteiger partial charge in [0, 0.05) is 0 Å². The molecule has 0 fully saturated rings. The van der Waals surface area contributed by atoms with Crippen LogP contribution >= 0.6 is 0 Å². The van der Waals surface area contributed by atoms with Gasteiger partial charge in [-0.05, 0) is 0 Å². The lowest BCUT2D eigenvalue weighted by Crippen LogP contribution is -2.43. The summed E-state index contributed by atoms with van der Waals surface area (Å²) in [7, 11) is 0.458. The zero-order chi connectivity index (χ0) is 11.6. The second-order valence-electron chi connectivity index (χ2n) is 1.97. The number of hydrogen-bond donors (Lipinski definition) is 0. The van der Waals surface area contributed by atoms with Gasteiger partial charge in [0.25, 0.3) is 0 Å². The first-order valence-electron chi connectivity index (χ1n) is 2.96. The highest BCUT2D eigenvalue weighted by Crippen LogP contribution is 2.32. The van der Waals surface area contributed by atoms with Crippen molar-refractivity contribution in [2.45, 2.75) is 18.6 Å². The van der Waals surface area contributed by atoms with Crippen molar-refractivity contribution < 1.29 is 40.6 Å². The highest BCUT2D eigenvalue weighted by atomic mass is 19.3. The van der Waals surface area contributed by atoms with Gasteiger partial charge in [0.2, 0.25) is 0 Å². The quantitative estimate of drug-likeness (QED) is 0.539. The Morgan fingerprint density at radius 3 is 1.93 bits per heavy atom. The minimum absolute atomic E-state index is 0.458. The summed E-state index contributed by atoms with van der Waals surface area (Å²) in [5, 5.41) is 0. The Morgan fingerprint density at radius 1 is 1.21 bits per heavy atom. The van der Waals surface area contributed by atoms with E-state index in [1.54, 1.807) is 0 Å². The SMILES string of the molecule is COC(=O)C(F)(F)OC(F)(F)C(F)F. The fourth-order valence-corrected chi connectivity index (χ4v) is 0.376. The second kappa shape index (κ2) is 4.03. The van der Waals surface area contributed by atoms with Gasteiger partial charge in [0.05, 0.1) is 7.11 Å². The highest BCUT2D eigenvalue weighted by molar-refractivity contribution is 5.75. The number of rotatable bonds is 4. The zero-order valence-corrected chi connectivity index (χ0v) is 6.57. The monoisotopic (exact) mass is 226 g/mol. The van der Waals surface area contributed by atoms with Crippen LogP contribution in [-0.2, 0) is 14.3 Å². The van der Waals surface area contributed by atoms with Gasteiger partial charge < -0.3 is 4.74 Å². The summed E-state index contributed by atoms with van der Waals surface area (Å²) in [6, 6.07) is 0. The van der Waals surface area contributed by atoms with Crippen LogP contribution in [0, 0.1) is 0 Å². The maximum absolute atomic E-state index is 12.2. The molecule has 0 heterocycles. The van der Waals surface area contributed by atoms with E-state index < -0.39 is 24.6 Å². The first kappa shape index (κ1) is 13.0. The number of halogens is 6. The molecule has 84 valence electrons. The number of hydrogen-bond acceptors (Lipinski definition) is 3. The predicted octanol–water partition coefficient (Wildman–Crippen LogP) is 1.63. The third-order valence-corrected chi connectivity index (χ3v) is 0.941. The van der Waals surface area contributed by atoms with Crippen LogP contribution in [0.25, 0.3) is 0 Å². The molecule has 3 nitrogen and oxygen atoms in total. The summed E-state index contributed by atoms with van der Waals surface area (Å²) in [6.45, 7) is 0. The molecule has 0 spiro atoms. The summed E-state index contributed by atoms with van der Waals surface area (Å²) in [4.78, 5) is 10.1. The lowest BCUT2D eigenvalue weighted by Gasteiger charge is -2.20. The summed E-state index contributed by atoms with van der Waals surface area (Å²) >= 11 is 0.